The number of hydrogen-bond donors (Lipinski definition) is 0. The SMILES string of the molecule is C=[Si]c1cccc2c1ccc1cc3ccccc3cc12. The van der Waals surface area contributed by atoms with E-state index in [1.165, 1.54) is 37.5 Å². The van der Waals surface area contributed by atoms with Crippen LogP contribution >= 0.6 is 0 Å². The summed E-state index contributed by atoms with van der Waals surface area (Å²) in [5.74, 6) is 0. The number of rotatable bonds is 1. The third-order valence-electron chi connectivity index (χ3n) is 3.93. The van der Waals surface area contributed by atoms with Crippen LogP contribution in [-0.4, -0.2) is 15.3 Å². The monoisotopic (exact) mass is 269 g/mol. The molecule has 0 nitrogen and oxygen atoms in total. The van der Waals surface area contributed by atoms with Crippen LogP contribution in [0.25, 0.3) is 32.3 Å². The maximum absolute atomic E-state index is 4.06. The van der Waals surface area contributed by atoms with Crippen LogP contribution in [0.5, 0.6) is 0 Å². The van der Waals surface area contributed by atoms with Crippen molar-refractivity contribution in [1.82, 2.24) is 0 Å². The molecule has 0 N–H and O–H groups in total. The van der Waals surface area contributed by atoms with E-state index in [0.717, 1.165) is 0 Å². The van der Waals surface area contributed by atoms with Crippen molar-refractivity contribution in [3.05, 3.63) is 66.7 Å². The largest absolute Gasteiger partial charge is 0.113 e. The zero-order valence-corrected chi connectivity index (χ0v) is 12.1. The lowest BCUT2D eigenvalue weighted by atomic mass is 9.98. The molecule has 0 aromatic heterocycles. The predicted molar refractivity (Wildman–Crippen MR) is 91.5 cm³/mol. The Balaban J connectivity index is 2.23. The molecule has 1 radical (unpaired) electrons. The third-order valence-corrected chi connectivity index (χ3v) is 4.75. The van der Waals surface area contributed by atoms with E-state index in [4.69, 9.17) is 0 Å². The molecule has 0 heterocycles. The molecule has 0 aliphatic rings. The van der Waals surface area contributed by atoms with E-state index in [0.29, 0.717) is 9.13 Å². The van der Waals surface area contributed by atoms with Crippen molar-refractivity contribution in [3.63, 3.8) is 0 Å². The Morgan fingerprint density at radius 2 is 1.40 bits per heavy atom. The van der Waals surface area contributed by atoms with Gasteiger partial charge in [-0.3, -0.25) is 0 Å². The van der Waals surface area contributed by atoms with Crippen LogP contribution in [0.15, 0.2) is 66.7 Å². The fraction of sp³-hybridized carbons (Fsp3) is 0. The standard InChI is InChI=1S/C19H13Si/c1-20-19-8-4-7-16-17(19)10-9-15-11-13-5-2-3-6-14(13)12-18(15)16/h2-12H,1H2. The topological polar surface area (TPSA) is 0 Å². The highest BCUT2D eigenvalue weighted by molar-refractivity contribution is 6.60. The molecule has 93 valence electrons. The Morgan fingerprint density at radius 3 is 2.20 bits per heavy atom. The number of benzene rings is 4. The maximum atomic E-state index is 4.06. The van der Waals surface area contributed by atoms with Gasteiger partial charge in [-0.15, -0.1) is 6.17 Å². The van der Waals surface area contributed by atoms with Crippen LogP contribution < -0.4 is 5.19 Å². The molecule has 0 fully saturated rings. The molecule has 0 aliphatic carbocycles. The second kappa shape index (κ2) is 4.39. The van der Waals surface area contributed by atoms with Crippen LogP contribution in [-0.2, 0) is 0 Å². The van der Waals surface area contributed by atoms with E-state index in [1.807, 2.05) is 0 Å². The van der Waals surface area contributed by atoms with E-state index in [1.54, 1.807) is 0 Å². The average Bonchev–Trinajstić information content (AvgIpc) is 2.52. The van der Waals surface area contributed by atoms with Crippen LogP contribution in [0.2, 0.25) is 0 Å². The first kappa shape index (κ1) is 11.6. The molecule has 0 amide bonds. The van der Waals surface area contributed by atoms with E-state index in [-0.39, 0.29) is 0 Å². The summed E-state index contributed by atoms with van der Waals surface area (Å²) >= 11 is 0. The van der Waals surface area contributed by atoms with Crippen molar-refractivity contribution >= 4 is 52.8 Å². The van der Waals surface area contributed by atoms with E-state index >= 15 is 0 Å². The van der Waals surface area contributed by atoms with Gasteiger partial charge < -0.3 is 0 Å². The van der Waals surface area contributed by atoms with Gasteiger partial charge in [-0.05, 0) is 49.6 Å². The summed E-state index contributed by atoms with van der Waals surface area (Å²) in [5, 5.41) is 9.26. The minimum atomic E-state index is 0.586. The van der Waals surface area contributed by atoms with Crippen LogP contribution in [0, 0.1) is 0 Å². The van der Waals surface area contributed by atoms with Gasteiger partial charge >= 0.3 is 0 Å². The Bertz CT molecular complexity index is 967. The first-order chi connectivity index (χ1) is 9.86. The van der Waals surface area contributed by atoms with E-state index < -0.39 is 0 Å². The van der Waals surface area contributed by atoms with Crippen molar-refractivity contribution in [1.29, 1.82) is 0 Å². The Hall–Kier alpha value is -2.25. The quantitative estimate of drug-likeness (QED) is 0.279. The fourth-order valence-electron chi connectivity index (χ4n) is 2.94. The molecule has 0 atom stereocenters. The lowest BCUT2D eigenvalue weighted by Gasteiger charge is -2.08. The molecule has 0 bridgehead atoms. The molecule has 0 aliphatic heterocycles. The summed E-state index contributed by atoms with van der Waals surface area (Å²) in [4.78, 5) is 0. The zero-order valence-electron chi connectivity index (χ0n) is 11.1. The van der Waals surface area contributed by atoms with Gasteiger partial charge in [-0.25, -0.2) is 0 Å². The minimum absolute atomic E-state index is 0.586. The Morgan fingerprint density at radius 1 is 0.600 bits per heavy atom. The molecule has 4 aromatic carbocycles. The molecular weight excluding hydrogens is 256 g/mol. The van der Waals surface area contributed by atoms with Gasteiger partial charge in [-0.1, -0.05) is 54.6 Å². The number of hydrogen-bond acceptors (Lipinski definition) is 0. The van der Waals surface area contributed by atoms with Crippen molar-refractivity contribution < 1.29 is 0 Å². The first-order valence-electron chi connectivity index (χ1n) is 6.74. The Labute approximate surface area is 120 Å². The molecular formula is C19H13Si. The second-order valence-corrected chi connectivity index (χ2v) is 5.96. The highest BCUT2D eigenvalue weighted by Gasteiger charge is 2.04. The van der Waals surface area contributed by atoms with Gasteiger partial charge in [0.15, 0.2) is 0 Å². The zero-order chi connectivity index (χ0) is 13.5. The lowest BCUT2D eigenvalue weighted by molar-refractivity contribution is 1.79. The van der Waals surface area contributed by atoms with Crippen LogP contribution in [0.3, 0.4) is 0 Å². The maximum Gasteiger partial charge on any atom is 0.0526 e. The van der Waals surface area contributed by atoms with Gasteiger partial charge in [0, 0.05) is 0 Å². The molecule has 0 spiro atoms. The summed E-state index contributed by atoms with van der Waals surface area (Å²) in [6.45, 7) is 0. The summed E-state index contributed by atoms with van der Waals surface area (Å²) in [6.07, 6.45) is 4.06. The number of fused-ring (bicyclic) bond motifs is 4. The normalized spacial score (nSPS) is 11.2. The van der Waals surface area contributed by atoms with Crippen molar-refractivity contribution in [3.8, 4) is 0 Å². The molecule has 4 aromatic rings. The molecule has 0 unspecified atom stereocenters. The smallest absolute Gasteiger partial charge is 0.0526 e. The first-order valence-corrected chi connectivity index (χ1v) is 7.95. The highest BCUT2D eigenvalue weighted by atomic mass is 28.2. The van der Waals surface area contributed by atoms with Crippen molar-refractivity contribution in [2.24, 2.45) is 0 Å². The highest BCUT2D eigenvalue weighted by Crippen LogP contribution is 2.28. The third kappa shape index (κ3) is 1.64. The summed E-state index contributed by atoms with van der Waals surface area (Å²) in [7, 11) is 0.586. The molecule has 0 saturated heterocycles. The van der Waals surface area contributed by atoms with Crippen LogP contribution in [0.1, 0.15) is 0 Å². The minimum Gasteiger partial charge on any atom is -0.113 e. The van der Waals surface area contributed by atoms with Gasteiger partial charge in [0.1, 0.15) is 0 Å². The van der Waals surface area contributed by atoms with Gasteiger partial charge in [0.2, 0.25) is 0 Å². The summed E-state index contributed by atoms with van der Waals surface area (Å²) in [6, 6.07) is 24.1. The fourth-order valence-corrected chi connectivity index (χ4v) is 3.56. The molecule has 0 saturated carbocycles. The van der Waals surface area contributed by atoms with E-state index in [9.17, 15) is 0 Å². The van der Waals surface area contributed by atoms with Crippen molar-refractivity contribution in [2.75, 3.05) is 0 Å². The Kier molecular flexibility index (Phi) is 2.54. The predicted octanol–water partition coefficient (Wildman–Crippen LogP) is 3.91. The summed E-state index contributed by atoms with van der Waals surface area (Å²) in [5.41, 5.74) is 0. The molecule has 4 rings (SSSR count). The molecule has 1 heteroatoms. The second-order valence-electron chi connectivity index (χ2n) is 5.06. The van der Waals surface area contributed by atoms with Gasteiger partial charge in [-0.2, -0.15) is 0 Å². The summed E-state index contributed by atoms with van der Waals surface area (Å²) < 4.78 is 0. The van der Waals surface area contributed by atoms with Crippen molar-refractivity contribution in [2.45, 2.75) is 0 Å². The van der Waals surface area contributed by atoms with E-state index in [2.05, 4.69) is 72.9 Å². The van der Waals surface area contributed by atoms with Gasteiger partial charge in [0.05, 0.1) is 9.13 Å². The lowest BCUT2D eigenvalue weighted by Crippen LogP contribution is -2.07. The van der Waals surface area contributed by atoms with Gasteiger partial charge in [0.25, 0.3) is 0 Å². The molecule has 20 heavy (non-hydrogen) atoms. The average molecular weight is 269 g/mol. The van der Waals surface area contributed by atoms with Crippen LogP contribution in [0.4, 0.5) is 0 Å².